The van der Waals surface area contributed by atoms with Crippen molar-refractivity contribution < 1.29 is 5.11 Å². The third-order valence-corrected chi connectivity index (χ3v) is 5.05. The van der Waals surface area contributed by atoms with Crippen LogP contribution in [-0.4, -0.2) is 11.2 Å². The highest BCUT2D eigenvalue weighted by Gasteiger charge is 2.34. The maximum Gasteiger partial charge on any atom is 0.0634 e. The Balaban J connectivity index is 2.02. The third-order valence-electron chi connectivity index (χ3n) is 5.05. The maximum absolute atomic E-state index is 10.6. The summed E-state index contributed by atoms with van der Waals surface area (Å²) in [7, 11) is 0. The second kappa shape index (κ2) is 5.89. The molecule has 1 N–H and O–H groups in total. The Morgan fingerprint density at radius 3 is 2.10 bits per heavy atom. The molecular weight excluding hydrogens is 244 g/mol. The Labute approximate surface area is 124 Å². The van der Waals surface area contributed by atoms with Gasteiger partial charge in [0.1, 0.15) is 0 Å². The van der Waals surface area contributed by atoms with Crippen LogP contribution in [0.15, 0.2) is 24.3 Å². The number of hydrogen-bond acceptors (Lipinski definition) is 1. The molecule has 0 aliphatic heterocycles. The van der Waals surface area contributed by atoms with E-state index in [0.29, 0.717) is 0 Å². The van der Waals surface area contributed by atoms with Crippen molar-refractivity contribution in [1.29, 1.82) is 0 Å². The third kappa shape index (κ3) is 3.63. The molecule has 1 fully saturated rings. The average molecular weight is 274 g/mol. The minimum atomic E-state index is -0.205. The summed E-state index contributed by atoms with van der Waals surface area (Å²) in [5.74, 6) is 0. The molecule has 1 aromatic carbocycles. The lowest BCUT2D eigenvalue weighted by atomic mass is 9.70. The molecule has 1 aliphatic carbocycles. The first-order valence-electron chi connectivity index (χ1n) is 8.09. The zero-order chi connectivity index (χ0) is 14.8. The van der Waals surface area contributed by atoms with Gasteiger partial charge in [0.25, 0.3) is 0 Å². The lowest BCUT2D eigenvalue weighted by Gasteiger charge is -2.38. The number of aliphatic hydroxyl groups excluding tert-OH is 1. The van der Waals surface area contributed by atoms with Gasteiger partial charge in [0.2, 0.25) is 0 Å². The number of hydrogen-bond donors (Lipinski definition) is 1. The van der Waals surface area contributed by atoms with Crippen molar-refractivity contribution in [1.82, 2.24) is 0 Å². The van der Waals surface area contributed by atoms with Crippen molar-refractivity contribution in [3.05, 3.63) is 35.4 Å². The zero-order valence-electron chi connectivity index (χ0n) is 13.6. The SMILES string of the molecule is CC(C)(C)c1ccc(CC(O)C2(C)CCCCC2)cc1. The topological polar surface area (TPSA) is 20.2 Å². The molecule has 1 saturated carbocycles. The highest BCUT2D eigenvalue weighted by Crippen LogP contribution is 2.39. The van der Waals surface area contributed by atoms with Crippen LogP contribution in [-0.2, 0) is 11.8 Å². The fourth-order valence-corrected chi connectivity index (χ4v) is 3.30. The molecular formula is C19H30O. The van der Waals surface area contributed by atoms with Gasteiger partial charge in [-0.3, -0.25) is 0 Å². The molecule has 1 heteroatoms. The van der Waals surface area contributed by atoms with E-state index in [9.17, 15) is 5.11 Å². The predicted octanol–water partition coefficient (Wildman–Crippen LogP) is 4.86. The van der Waals surface area contributed by atoms with E-state index in [0.717, 1.165) is 6.42 Å². The molecule has 1 unspecified atom stereocenters. The molecule has 0 heterocycles. The van der Waals surface area contributed by atoms with E-state index in [1.807, 2.05) is 0 Å². The highest BCUT2D eigenvalue weighted by atomic mass is 16.3. The Bertz CT molecular complexity index is 418. The van der Waals surface area contributed by atoms with Crippen LogP contribution >= 0.6 is 0 Å². The molecule has 20 heavy (non-hydrogen) atoms. The Morgan fingerprint density at radius 2 is 1.60 bits per heavy atom. The first-order valence-corrected chi connectivity index (χ1v) is 8.09. The molecule has 1 atom stereocenters. The van der Waals surface area contributed by atoms with Crippen LogP contribution in [0.2, 0.25) is 0 Å². The van der Waals surface area contributed by atoms with Crippen molar-refractivity contribution in [2.24, 2.45) is 5.41 Å². The van der Waals surface area contributed by atoms with Crippen LogP contribution in [0.5, 0.6) is 0 Å². The highest BCUT2D eigenvalue weighted by molar-refractivity contribution is 5.28. The quantitative estimate of drug-likeness (QED) is 0.834. The van der Waals surface area contributed by atoms with Gasteiger partial charge in [0.15, 0.2) is 0 Å². The van der Waals surface area contributed by atoms with Crippen molar-refractivity contribution in [3.63, 3.8) is 0 Å². The van der Waals surface area contributed by atoms with Crippen LogP contribution < -0.4 is 0 Å². The zero-order valence-corrected chi connectivity index (χ0v) is 13.6. The van der Waals surface area contributed by atoms with Gasteiger partial charge in [0, 0.05) is 0 Å². The molecule has 0 amide bonds. The molecule has 0 bridgehead atoms. The van der Waals surface area contributed by atoms with Gasteiger partial charge < -0.3 is 5.11 Å². The summed E-state index contributed by atoms with van der Waals surface area (Å²) in [5.41, 5.74) is 2.95. The molecule has 1 nitrogen and oxygen atoms in total. The minimum Gasteiger partial charge on any atom is -0.392 e. The second-order valence-corrected chi connectivity index (χ2v) is 7.88. The van der Waals surface area contributed by atoms with Crippen molar-refractivity contribution in [3.8, 4) is 0 Å². The van der Waals surface area contributed by atoms with Crippen LogP contribution in [0, 0.1) is 5.41 Å². The van der Waals surface area contributed by atoms with Crippen LogP contribution in [0.3, 0.4) is 0 Å². The summed E-state index contributed by atoms with van der Waals surface area (Å²) in [6, 6.07) is 8.81. The fraction of sp³-hybridized carbons (Fsp3) is 0.684. The summed E-state index contributed by atoms with van der Waals surface area (Å²) in [5, 5.41) is 10.6. The lowest BCUT2D eigenvalue weighted by Crippen LogP contribution is -2.35. The number of rotatable bonds is 3. The molecule has 0 aromatic heterocycles. The molecule has 0 radical (unpaired) electrons. The lowest BCUT2D eigenvalue weighted by molar-refractivity contribution is 0.0104. The van der Waals surface area contributed by atoms with Gasteiger partial charge in [-0.05, 0) is 41.2 Å². The maximum atomic E-state index is 10.6. The van der Waals surface area contributed by atoms with E-state index in [1.165, 1.54) is 43.2 Å². The van der Waals surface area contributed by atoms with E-state index in [2.05, 4.69) is 52.0 Å². The van der Waals surface area contributed by atoms with Crippen molar-refractivity contribution in [2.45, 2.75) is 77.7 Å². The Kier molecular flexibility index (Phi) is 4.59. The molecule has 112 valence electrons. The predicted molar refractivity (Wildman–Crippen MR) is 86.0 cm³/mol. The summed E-state index contributed by atoms with van der Waals surface area (Å²) in [6.45, 7) is 8.97. The Hall–Kier alpha value is -0.820. The number of benzene rings is 1. The van der Waals surface area contributed by atoms with E-state index >= 15 is 0 Å². The molecule has 1 aromatic rings. The number of aliphatic hydroxyl groups is 1. The van der Waals surface area contributed by atoms with Gasteiger partial charge in [-0.1, -0.05) is 71.2 Å². The van der Waals surface area contributed by atoms with E-state index < -0.39 is 0 Å². The van der Waals surface area contributed by atoms with Gasteiger partial charge in [-0.25, -0.2) is 0 Å². The van der Waals surface area contributed by atoms with Gasteiger partial charge >= 0.3 is 0 Å². The summed E-state index contributed by atoms with van der Waals surface area (Å²) in [6.07, 6.45) is 6.82. The standard InChI is InChI=1S/C19H30O/c1-18(2,3)16-10-8-15(9-11-16)14-17(20)19(4)12-6-5-7-13-19/h8-11,17,20H,5-7,12-14H2,1-4H3. The average Bonchev–Trinajstić information content (AvgIpc) is 2.39. The first-order chi connectivity index (χ1) is 9.31. The van der Waals surface area contributed by atoms with E-state index in [1.54, 1.807) is 0 Å². The van der Waals surface area contributed by atoms with Crippen LogP contribution in [0.25, 0.3) is 0 Å². The molecule has 1 aliphatic rings. The summed E-state index contributed by atoms with van der Waals surface area (Å²) >= 11 is 0. The van der Waals surface area contributed by atoms with E-state index in [-0.39, 0.29) is 16.9 Å². The largest absolute Gasteiger partial charge is 0.392 e. The minimum absolute atomic E-state index is 0.126. The first kappa shape index (κ1) is 15.6. The monoisotopic (exact) mass is 274 g/mol. The summed E-state index contributed by atoms with van der Waals surface area (Å²) < 4.78 is 0. The summed E-state index contributed by atoms with van der Waals surface area (Å²) in [4.78, 5) is 0. The van der Waals surface area contributed by atoms with E-state index in [4.69, 9.17) is 0 Å². The Morgan fingerprint density at radius 1 is 1.05 bits per heavy atom. The smallest absolute Gasteiger partial charge is 0.0634 e. The van der Waals surface area contributed by atoms with Crippen molar-refractivity contribution >= 4 is 0 Å². The van der Waals surface area contributed by atoms with Gasteiger partial charge in [-0.15, -0.1) is 0 Å². The fourth-order valence-electron chi connectivity index (χ4n) is 3.30. The van der Waals surface area contributed by atoms with Gasteiger partial charge in [-0.2, -0.15) is 0 Å². The van der Waals surface area contributed by atoms with Crippen LogP contribution in [0.1, 0.15) is 70.9 Å². The van der Waals surface area contributed by atoms with Crippen molar-refractivity contribution in [2.75, 3.05) is 0 Å². The van der Waals surface area contributed by atoms with Crippen LogP contribution in [0.4, 0.5) is 0 Å². The molecule has 2 rings (SSSR count). The normalized spacial score (nSPS) is 20.6. The molecule has 0 spiro atoms. The van der Waals surface area contributed by atoms with Gasteiger partial charge in [0.05, 0.1) is 6.10 Å². The molecule has 0 saturated heterocycles. The second-order valence-electron chi connectivity index (χ2n) is 7.88.